The first-order valence-electron chi connectivity index (χ1n) is 5.50. The second-order valence-electron chi connectivity index (χ2n) is 4.13. The summed E-state index contributed by atoms with van der Waals surface area (Å²) in [4.78, 5) is 0. The van der Waals surface area contributed by atoms with Crippen molar-refractivity contribution in [1.82, 2.24) is 0 Å². The lowest BCUT2D eigenvalue weighted by Gasteiger charge is -2.29. The van der Waals surface area contributed by atoms with E-state index in [1.54, 1.807) is 0 Å². The summed E-state index contributed by atoms with van der Waals surface area (Å²) in [5.74, 6) is 0. The molecule has 1 aliphatic rings. The van der Waals surface area contributed by atoms with E-state index in [0.29, 0.717) is 19.8 Å². The van der Waals surface area contributed by atoms with Gasteiger partial charge in [-0.1, -0.05) is 31.9 Å². The van der Waals surface area contributed by atoms with Crippen molar-refractivity contribution in [2.45, 2.75) is 19.1 Å². The van der Waals surface area contributed by atoms with Crippen molar-refractivity contribution in [1.29, 1.82) is 0 Å². The molecule has 0 bridgehead atoms. The Morgan fingerprint density at radius 2 is 2.06 bits per heavy atom. The van der Waals surface area contributed by atoms with Crippen LogP contribution in [0.3, 0.4) is 0 Å². The highest BCUT2D eigenvalue weighted by molar-refractivity contribution is 9.11. The van der Waals surface area contributed by atoms with Gasteiger partial charge in [0.1, 0.15) is 6.10 Å². The van der Waals surface area contributed by atoms with Gasteiger partial charge < -0.3 is 15.2 Å². The van der Waals surface area contributed by atoms with Gasteiger partial charge in [0.2, 0.25) is 0 Å². The molecule has 3 nitrogen and oxygen atoms in total. The summed E-state index contributed by atoms with van der Waals surface area (Å²) in [5, 5.41) is 0. The predicted molar refractivity (Wildman–Crippen MR) is 74.1 cm³/mol. The van der Waals surface area contributed by atoms with Crippen molar-refractivity contribution in [3.8, 4) is 0 Å². The summed E-state index contributed by atoms with van der Waals surface area (Å²) in [6, 6.07) is 3.92. The fourth-order valence-electron chi connectivity index (χ4n) is 1.83. The van der Waals surface area contributed by atoms with Crippen molar-refractivity contribution < 1.29 is 9.47 Å². The molecule has 1 saturated heterocycles. The van der Waals surface area contributed by atoms with Gasteiger partial charge in [-0.2, -0.15) is 0 Å². The Bertz CT molecular complexity index is 406. The molecule has 0 aromatic heterocycles. The highest BCUT2D eigenvalue weighted by atomic mass is 79.9. The van der Waals surface area contributed by atoms with Crippen molar-refractivity contribution in [2.75, 3.05) is 19.8 Å². The lowest BCUT2D eigenvalue weighted by Crippen LogP contribution is -2.38. The van der Waals surface area contributed by atoms with Crippen molar-refractivity contribution in [3.63, 3.8) is 0 Å². The third-order valence-electron chi connectivity index (χ3n) is 2.88. The van der Waals surface area contributed by atoms with Crippen LogP contribution in [0.2, 0.25) is 0 Å². The first-order chi connectivity index (χ1) is 8.09. The van der Waals surface area contributed by atoms with Crippen LogP contribution in [0, 0.1) is 6.92 Å². The number of hydrogen-bond donors (Lipinski definition) is 1. The standard InChI is InChI=1S/C12H15Br2NO2/c1-7-4-10(14)8(5-9(7)13)12(15)11-6-16-2-3-17-11/h4-5,11-12H,2-3,6,15H2,1H3. The minimum Gasteiger partial charge on any atom is -0.376 e. The molecule has 5 heteroatoms. The van der Waals surface area contributed by atoms with Gasteiger partial charge in [-0.15, -0.1) is 0 Å². The smallest absolute Gasteiger partial charge is 0.100 e. The van der Waals surface area contributed by atoms with E-state index < -0.39 is 0 Å². The molecule has 1 aromatic carbocycles. The molecule has 17 heavy (non-hydrogen) atoms. The maximum absolute atomic E-state index is 6.23. The Balaban J connectivity index is 2.23. The maximum Gasteiger partial charge on any atom is 0.100 e. The maximum atomic E-state index is 6.23. The second-order valence-corrected chi connectivity index (χ2v) is 5.84. The van der Waals surface area contributed by atoms with Crippen LogP contribution < -0.4 is 5.73 Å². The van der Waals surface area contributed by atoms with Crippen LogP contribution in [0.1, 0.15) is 17.2 Å². The summed E-state index contributed by atoms with van der Waals surface area (Å²) in [5.41, 5.74) is 8.45. The van der Waals surface area contributed by atoms with E-state index in [1.165, 1.54) is 5.56 Å². The fourth-order valence-corrected chi connectivity index (χ4v) is 2.91. The Kier molecular flexibility index (Phi) is 4.60. The average Bonchev–Trinajstić information content (AvgIpc) is 2.34. The molecule has 0 amide bonds. The Hall–Kier alpha value is 0.0600. The second kappa shape index (κ2) is 5.80. The fraction of sp³-hybridized carbons (Fsp3) is 0.500. The predicted octanol–water partition coefficient (Wildman–Crippen LogP) is 2.94. The van der Waals surface area contributed by atoms with Crippen LogP contribution in [-0.2, 0) is 9.47 Å². The molecule has 1 fully saturated rings. The van der Waals surface area contributed by atoms with E-state index in [0.717, 1.165) is 14.5 Å². The van der Waals surface area contributed by atoms with Gasteiger partial charge in [-0.3, -0.25) is 0 Å². The molecule has 0 radical (unpaired) electrons. The van der Waals surface area contributed by atoms with Crippen molar-refractivity contribution in [2.24, 2.45) is 5.73 Å². The van der Waals surface area contributed by atoms with E-state index >= 15 is 0 Å². The number of ether oxygens (including phenoxy) is 2. The molecular formula is C12H15Br2NO2. The van der Waals surface area contributed by atoms with Crippen LogP contribution in [0.5, 0.6) is 0 Å². The molecular weight excluding hydrogens is 350 g/mol. The minimum atomic E-state index is -0.179. The molecule has 1 aromatic rings. The molecule has 0 aliphatic carbocycles. The molecule has 2 unspecified atom stereocenters. The molecule has 0 saturated carbocycles. The lowest BCUT2D eigenvalue weighted by atomic mass is 10.0. The highest BCUT2D eigenvalue weighted by Gasteiger charge is 2.25. The zero-order valence-corrected chi connectivity index (χ0v) is 12.8. The SMILES string of the molecule is Cc1cc(Br)c(C(N)C2COCCO2)cc1Br. The van der Waals surface area contributed by atoms with Gasteiger partial charge in [0.25, 0.3) is 0 Å². The molecule has 1 aliphatic heterocycles. The summed E-state index contributed by atoms with van der Waals surface area (Å²) < 4.78 is 13.1. The third kappa shape index (κ3) is 3.09. The normalized spacial score (nSPS) is 22.5. The zero-order chi connectivity index (χ0) is 12.4. The minimum absolute atomic E-state index is 0.0744. The van der Waals surface area contributed by atoms with Gasteiger partial charge >= 0.3 is 0 Å². The number of rotatable bonds is 2. The monoisotopic (exact) mass is 363 g/mol. The first-order valence-corrected chi connectivity index (χ1v) is 7.08. The van der Waals surface area contributed by atoms with Crippen LogP contribution >= 0.6 is 31.9 Å². The van der Waals surface area contributed by atoms with Gasteiger partial charge in [0.15, 0.2) is 0 Å². The molecule has 1 heterocycles. The van der Waals surface area contributed by atoms with Gasteiger partial charge in [0, 0.05) is 8.95 Å². The van der Waals surface area contributed by atoms with Crippen LogP contribution in [0.4, 0.5) is 0 Å². The summed E-state index contributed by atoms with van der Waals surface area (Å²) >= 11 is 7.08. The van der Waals surface area contributed by atoms with Gasteiger partial charge in [-0.05, 0) is 30.2 Å². The van der Waals surface area contributed by atoms with Gasteiger partial charge in [-0.25, -0.2) is 0 Å². The van der Waals surface area contributed by atoms with E-state index in [4.69, 9.17) is 15.2 Å². The Morgan fingerprint density at radius 1 is 1.29 bits per heavy atom. The van der Waals surface area contributed by atoms with Crippen LogP contribution in [-0.4, -0.2) is 25.9 Å². The zero-order valence-electron chi connectivity index (χ0n) is 9.58. The topological polar surface area (TPSA) is 44.5 Å². The summed E-state index contributed by atoms with van der Waals surface area (Å²) in [6.07, 6.45) is -0.0744. The number of benzene rings is 1. The quantitative estimate of drug-likeness (QED) is 0.877. The molecule has 2 N–H and O–H groups in total. The molecule has 2 rings (SSSR count). The Labute approximate surface area is 118 Å². The molecule has 0 spiro atoms. The van der Waals surface area contributed by atoms with E-state index in [1.807, 2.05) is 13.0 Å². The average molecular weight is 365 g/mol. The van der Waals surface area contributed by atoms with Crippen molar-refractivity contribution in [3.05, 3.63) is 32.2 Å². The summed E-state index contributed by atoms with van der Waals surface area (Å²) in [6.45, 7) is 3.87. The van der Waals surface area contributed by atoms with E-state index in [-0.39, 0.29) is 12.1 Å². The Morgan fingerprint density at radius 3 is 2.71 bits per heavy atom. The number of halogens is 2. The van der Waals surface area contributed by atoms with E-state index in [9.17, 15) is 0 Å². The summed E-state index contributed by atoms with van der Waals surface area (Å²) in [7, 11) is 0. The lowest BCUT2D eigenvalue weighted by molar-refractivity contribution is -0.0976. The number of nitrogens with two attached hydrogens (primary N) is 1. The van der Waals surface area contributed by atoms with Crippen LogP contribution in [0.15, 0.2) is 21.1 Å². The van der Waals surface area contributed by atoms with Gasteiger partial charge in [0.05, 0.1) is 25.9 Å². The molecule has 94 valence electrons. The highest BCUT2D eigenvalue weighted by Crippen LogP contribution is 2.31. The largest absolute Gasteiger partial charge is 0.376 e. The van der Waals surface area contributed by atoms with E-state index in [2.05, 4.69) is 37.9 Å². The first kappa shape index (κ1) is 13.5. The number of hydrogen-bond acceptors (Lipinski definition) is 3. The number of aryl methyl sites for hydroxylation is 1. The van der Waals surface area contributed by atoms with Crippen LogP contribution in [0.25, 0.3) is 0 Å². The third-order valence-corrected chi connectivity index (χ3v) is 4.42. The molecule has 2 atom stereocenters. The van der Waals surface area contributed by atoms with Crippen molar-refractivity contribution >= 4 is 31.9 Å².